The number of likely N-dealkylation sites (tertiary alicyclic amines) is 1. The predicted molar refractivity (Wildman–Crippen MR) is 146 cm³/mol. The van der Waals surface area contributed by atoms with Gasteiger partial charge < -0.3 is 5.32 Å². The molecule has 0 radical (unpaired) electrons. The highest BCUT2D eigenvalue weighted by molar-refractivity contribution is 7.14. The van der Waals surface area contributed by atoms with E-state index < -0.39 is 22.8 Å². The van der Waals surface area contributed by atoms with Crippen molar-refractivity contribution < 1.29 is 14.4 Å². The Morgan fingerprint density at radius 1 is 1.11 bits per heavy atom. The fraction of sp³-hybridized carbons (Fsp3) is 0.400. The van der Waals surface area contributed by atoms with Crippen molar-refractivity contribution in [1.82, 2.24) is 9.88 Å². The number of aromatic nitrogens is 1. The highest BCUT2D eigenvalue weighted by Crippen LogP contribution is 2.60. The zero-order valence-corrected chi connectivity index (χ0v) is 22.8. The minimum absolute atomic E-state index is 0.240. The molecule has 1 saturated heterocycles. The van der Waals surface area contributed by atoms with Crippen LogP contribution in [-0.4, -0.2) is 33.6 Å². The number of nitrogens with zero attached hydrogens (tertiary/aromatic N) is 2. The Labute approximate surface area is 222 Å². The van der Waals surface area contributed by atoms with Gasteiger partial charge in [0.25, 0.3) is 0 Å². The van der Waals surface area contributed by atoms with Crippen LogP contribution in [-0.2, 0) is 20.8 Å². The van der Waals surface area contributed by atoms with Gasteiger partial charge in [0.15, 0.2) is 5.13 Å². The van der Waals surface area contributed by atoms with Gasteiger partial charge in [-0.3, -0.25) is 19.3 Å². The molecule has 2 aromatic carbocycles. The molecule has 2 aliphatic rings. The molecule has 3 amide bonds. The van der Waals surface area contributed by atoms with E-state index >= 15 is 0 Å². The van der Waals surface area contributed by atoms with Crippen LogP contribution in [0.15, 0.2) is 53.9 Å². The fourth-order valence-electron chi connectivity index (χ4n) is 5.84. The zero-order chi connectivity index (χ0) is 26.5. The van der Waals surface area contributed by atoms with E-state index in [1.165, 1.54) is 27.4 Å². The second kappa shape index (κ2) is 9.21. The summed E-state index contributed by atoms with van der Waals surface area (Å²) < 4.78 is 0. The van der Waals surface area contributed by atoms with E-state index in [1.54, 1.807) is 0 Å². The SMILES string of the molecule is Cc1ccc(-c2csc(NC(=O)C(Cc3ccccc3)N3C(=O)C4CCC(C)(C3=O)C4(C)C)n2)cc1C. The fourth-order valence-corrected chi connectivity index (χ4v) is 6.56. The first-order valence-electron chi connectivity index (χ1n) is 12.8. The number of aryl methyl sites for hydroxylation is 2. The second-order valence-electron chi connectivity index (χ2n) is 11.2. The van der Waals surface area contributed by atoms with Gasteiger partial charge in [-0.1, -0.05) is 63.2 Å². The van der Waals surface area contributed by atoms with Gasteiger partial charge in [-0.2, -0.15) is 0 Å². The summed E-state index contributed by atoms with van der Waals surface area (Å²) in [6.07, 6.45) is 1.57. The van der Waals surface area contributed by atoms with Crippen LogP contribution in [0.1, 0.15) is 50.3 Å². The molecule has 2 heterocycles. The molecule has 6 nitrogen and oxygen atoms in total. The van der Waals surface area contributed by atoms with E-state index in [9.17, 15) is 14.4 Å². The number of imide groups is 1. The minimum atomic E-state index is -0.951. The molecule has 2 bridgehead atoms. The molecular weight excluding hydrogens is 482 g/mol. The Morgan fingerprint density at radius 3 is 2.54 bits per heavy atom. The topological polar surface area (TPSA) is 79.4 Å². The Bertz CT molecular complexity index is 1380. The summed E-state index contributed by atoms with van der Waals surface area (Å²) >= 11 is 1.34. The maximum absolute atomic E-state index is 13.9. The molecular formula is C30H33N3O3S. The number of nitrogens with one attached hydrogen (secondary N) is 1. The van der Waals surface area contributed by atoms with Gasteiger partial charge in [-0.15, -0.1) is 11.3 Å². The number of rotatable bonds is 6. The summed E-state index contributed by atoms with van der Waals surface area (Å²) in [7, 11) is 0. The predicted octanol–water partition coefficient (Wildman–Crippen LogP) is 5.79. The first kappa shape index (κ1) is 25.3. The summed E-state index contributed by atoms with van der Waals surface area (Å²) in [6.45, 7) is 10.1. The average Bonchev–Trinajstić information content (AvgIpc) is 3.39. The Morgan fingerprint density at radius 2 is 1.84 bits per heavy atom. The molecule has 3 aromatic rings. The Hall–Kier alpha value is -3.32. The lowest BCUT2D eigenvalue weighted by atomic mass is 9.62. The number of hydrogen-bond acceptors (Lipinski definition) is 5. The van der Waals surface area contributed by atoms with Crippen molar-refractivity contribution >= 4 is 34.2 Å². The highest BCUT2D eigenvalue weighted by Gasteiger charge is 2.65. The van der Waals surface area contributed by atoms with Gasteiger partial charge in [-0.25, -0.2) is 4.98 Å². The lowest BCUT2D eigenvalue weighted by Crippen LogP contribution is -2.64. The summed E-state index contributed by atoms with van der Waals surface area (Å²) in [5.74, 6) is -1.16. The van der Waals surface area contributed by atoms with E-state index in [0.29, 0.717) is 18.0 Å². The lowest BCUT2D eigenvalue weighted by molar-refractivity contribution is -0.172. The molecule has 5 rings (SSSR count). The number of carbonyl (C=O) groups is 3. The molecule has 3 unspecified atom stereocenters. The summed E-state index contributed by atoms with van der Waals surface area (Å²) in [4.78, 5) is 47.2. The molecule has 7 heteroatoms. The maximum Gasteiger partial charge on any atom is 0.249 e. The molecule has 1 saturated carbocycles. The van der Waals surface area contributed by atoms with E-state index in [2.05, 4.69) is 36.3 Å². The number of carbonyl (C=O) groups excluding carboxylic acids is 3. The molecule has 1 aliphatic heterocycles. The third-order valence-electron chi connectivity index (χ3n) is 8.88. The van der Waals surface area contributed by atoms with Crippen molar-refractivity contribution in [3.8, 4) is 11.3 Å². The monoisotopic (exact) mass is 515 g/mol. The van der Waals surface area contributed by atoms with Crippen LogP contribution in [0.2, 0.25) is 0 Å². The van der Waals surface area contributed by atoms with E-state index in [-0.39, 0.29) is 24.2 Å². The number of piperidine rings is 1. The first-order valence-corrected chi connectivity index (χ1v) is 13.7. The number of benzene rings is 2. The van der Waals surface area contributed by atoms with Crippen molar-refractivity contribution in [3.63, 3.8) is 0 Å². The number of thiazole rings is 1. The van der Waals surface area contributed by atoms with Gasteiger partial charge in [-0.05, 0) is 54.9 Å². The molecule has 1 aromatic heterocycles. The smallest absolute Gasteiger partial charge is 0.249 e. The van der Waals surface area contributed by atoms with Crippen molar-refractivity contribution in [2.75, 3.05) is 5.32 Å². The number of hydrogen-bond donors (Lipinski definition) is 1. The Kier molecular flexibility index (Phi) is 6.31. The number of anilines is 1. The van der Waals surface area contributed by atoms with Crippen molar-refractivity contribution in [3.05, 3.63) is 70.6 Å². The highest BCUT2D eigenvalue weighted by atomic mass is 32.1. The third-order valence-corrected chi connectivity index (χ3v) is 9.63. The van der Waals surface area contributed by atoms with E-state index in [4.69, 9.17) is 0 Å². The molecule has 1 N–H and O–H groups in total. The van der Waals surface area contributed by atoms with Crippen LogP contribution in [0, 0.1) is 30.6 Å². The normalized spacial score (nSPS) is 23.3. The summed E-state index contributed by atoms with van der Waals surface area (Å²) in [6, 6.07) is 14.7. The van der Waals surface area contributed by atoms with Gasteiger partial charge in [0, 0.05) is 23.3 Å². The van der Waals surface area contributed by atoms with Crippen LogP contribution >= 0.6 is 11.3 Å². The van der Waals surface area contributed by atoms with E-state index in [1.807, 2.05) is 62.5 Å². The van der Waals surface area contributed by atoms with Crippen molar-refractivity contribution in [2.24, 2.45) is 16.7 Å². The largest absolute Gasteiger partial charge is 0.300 e. The van der Waals surface area contributed by atoms with Crippen LogP contribution in [0.3, 0.4) is 0 Å². The molecule has 1 aliphatic carbocycles. The van der Waals surface area contributed by atoms with Gasteiger partial charge in [0.2, 0.25) is 17.7 Å². The molecule has 2 fully saturated rings. The van der Waals surface area contributed by atoms with Crippen molar-refractivity contribution in [1.29, 1.82) is 0 Å². The summed E-state index contributed by atoms with van der Waals surface area (Å²) in [5.41, 5.74) is 3.90. The molecule has 0 spiro atoms. The van der Waals surface area contributed by atoms with E-state index in [0.717, 1.165) is 16.8 Å². The first-order chi connectivity index (χ1) is 17.5. The Balaban J connectivity index is 1.45. The van der Waals surface area contributed by atoms with Gasteiger partial charge >= 0.3 is 0 Å². The molecule has 192 valence electrons. The van der Waals surface area contributed by atoms with Crippen LogP contribution in [0.4, 0.5) is 5.13 Å². The van der Waals surface area contributed by atoms with Crippen LogP contribution in [0.25, 0.3) is 11.3 Å². The third kappa shape index (κ3) is 4.19. The number of amides is 3. The maximum atomic E-state index is 13.9. The second-order valence-corrected chi connectivity index (χ2v) is 12.0. The minimum Gasteiger partial charge on any atom is -0.300 e. The average molecular weight is 516 g/mol. The van der Waals surface area contributed by atoms with Gasteiger partial charge in [0.05, 0.1) is 11.1 Å². The summed E-state index contributed by atoms with van der Waals surface area (Å²) in [5, 5.41) is 5.28. The zero-order valence-electron chi connectivity index (χ0n) is 22.0. The lowest BCUT2D eigenvalue weighted by Gasteiger charge is -2.49. The van der Waals surface area contributed by atoms with Crippen LogP contribution in [0.5, 0.6) is 0 Å². The molecule has 3 atom stereocenters. The van der Waals surface area contributed by atoms with Crippen LogP contribution < -0.4 is 5.32 Å². The molecule has 37 heavy (non-hydrogen) atoms. The standard InChI is InChI=1S/C30H33N3O3S/c1-18-11-12-21(15-19(18)2)23-17-37-28(31-23)32-25(34)24(16-20-9-7-6-8-10-20)33-26(35)22-13-14-30(5,27(33)36)29(22,3)4/h6-12,15,17,22,24H,13-14,16H2,1-5H3,(H,31,32,34). The number of fused-ring (bicyclic) bond motifs is 2. The van der Waals surface area contributed by atoms with Crippen molar-refractivity contribution in [2.45, 2.75) is 59.9 Å². The quantitative estimate of drug-likeness (QED) is 0.422. The van der Waals surface area contributed by atoms with Gasteiger partial charge in [0.1, 0.15) is 6.04 Å².